The van der Waals surface area contributed by atoms with Crippen molar-refractivity contribution in [3.05, 3.63) is 95.1 Å². The fraction of sp³-hybridized carbons (Fsp3) is 0.511. The molecule has 2 saturated carbocycles. The second-order valence-corrected chi connectivity index (χ2v) is 18.5. The Kier molecular flexibility index (Phi) is 12.6. The first kappa shape index (κ1) is 45.8. The number of carbonyl (C=O) groups is 6. The molecule has 4 aliphatic rings. The Labute approximate surface area is 361 Å². The van der Waals surface area contributed by atoms with Crippen LogP contribution in [0.1, 0.15) is 83.3 Å². The van der Waals surface area contributed by atoms with Gasteiger partial charge in [0.25, 0.3) is 0 Å². The summed E-state index contributed by atoms with van der Waals surface area (Å²) in [6.07, 6.45) is -10.6. The number of ketones is 1. The first-order valence-electron chi connectivity index (χ1n) is 20.0. The Hall–Kier alpha value is -4.74. The van der Waals surface area contributed by atoms with Gasteiger partial charge in [0.1, 0.15) is 23.9 Å². The number of aliphatic hydroxyl groups excluding tert-OH is 2. The van der Waals surface area contributed by atoms with Crippen LogP contribution in [0.4, 0.5) is 0 Å². The number of halogens is 1. The maximum absolute atomic E-state index is 15.5. The topological polar surface area (TPSA) is 221 Å². The van der Waals surface area contributed by atoms with Crippen molar-refractivity contribution in [2.24, 2.45) is 16.7 Å². The van der Waals surface area contributed by atoms with Gasteiger partial charge in [-0.1, -0.05) is 84.9 Å². The lowest BCUT2D eigenvalue weighted by Crippen LogP contribution is -2.82. The fourth-order valence-corrected chi connectivity index (χ4v) is 9.99. The third-order valence-corrected chi connectivity index (χ3v) is 13.8. The maximum Gasteiger partial charge on any atom is 0.338 e. The summed E-state index contributed by atoms with van der Waals surface area (Å²) in [4.78, 5) is 82.7. The number of hydrogen-bond acceptors (Lipinski definition) is 14. The average Bonchev–Trinajstić information content (AvgIpc) is 3.20. The molecular formula is C45H52BrNO14. The van der Waals surface area contributed by atoms with E-state index in [4.69, 9.17) is 23.7 Å². The SMILES string of the molecule is C=C(C(=O)N[C@@H](c1ccccc1)[C@H](O)C(=O)O[C@H]1C[C@@]2(O)[C@@H](OC(=O)c3ccccc3)[C@@H]3[C@]4(OC(C)=O)CO[C@@H]4C[C@H](O)[C@@]3(C)C(=O)[C@H](OC(C)=O)C(=C1C)C2(C)C)C(C)Br. The van der Waals surface area contributed by atoms with Gasteiger partial charge in [0.2, 0.25) is 5.91 Å². The monoisotopic (exact) mass is 909 g/mol. The van der Waals surface area contributed by atoms with Crippen LogP contribution in [0, 0.1) is 16.7 Å². The molecule has 4 N–H and O–H groups in total. The zero-order chi connectivity index (χ0) is 45.0. The predicted molar refractivity (Wildman–Crippen MR) is 219 cm³/mol. The van der Waals surface area contributed by atoms with Crippen LogP contribution in [-0.2, 0) is 47.7 Å². The molecule has 16 heteroatoms. The normalized spacial score (nSPS) is 32.7. The van der Waals surface area contributed by atoms with Gasteiger partial charge < -0.3 is 44.3 Å². The minimum atomic E-state index is -2.39. The zero-order valence-corrected chi connectivity index (χ0v) is 36.6. The molecule has 1 amide bonds. The zero-order valence-electron chi connectivity index (χ0n) is 35.0. The van der Waals surface area contributed by atoms with Crippen molar-refractivity contribution in [1.82, 2.24) is 5.32 Å². The van der Waals surface area contributed by atoms with Crippen molar-refractivity contribution in [3.8, 4) is 0 Å². The number of ether oxygens (including phenoxy) is 5. The van der Waals surface area contributed by atoms with Gasteiger partial charge in [0.15, 0.2) is 23.6 Å². The lowest BCUT2D eigenvalue weighted by Gasteiger charge is -2.67. The lowest BCUT2D eigenvalue weighted by atomic mass is 9.44. The molecule has 328 valence electrons. The number of hydrogen-bond donors (Lipinski definition) is 4. The van der Waals surface area contributed by atoms with Crippen LogP contribution in [0.15, 0.2) is 84.0 Å². The molecule has 0 radical (unpaired) electrons. The highest BCUT2D eigenvalue weighted by atomic mass is 79.9. The molecule has 3 fully saturated rings. The number of esters is 4. The third kappa shape index (κ3) is 7.75. The number of carbonyl (C=O) groups excluding carboxylic acids is 6. The fourth-order valence-electron chi connectivity index (χ4n) is 9.78. The van der Waals surface area contributed by atoms with E-state index in [9.17, 15) is 39.3 Å². The minimum absolute atomic E-state index is 0.00888. The van der Waals surface area contributed by atoms with Crippen LogP contribution in [0.5, 0.6) is 0 Å². The van der Waals surface area contributed by atoms with Gasteiger partial charge in [0.05, 0.1) is 35.6 Å². The number of alkyl halides is 1. The van der Waals surface area contributed by atoms with Gasteiger partial charge in [-0.05, 0) is 49.6 Å². The summed E-state index contributed by atoms with van der Waals surface area (Å²) in [5, 5.41) is 40.1. The number of amides is 1. The summed E-state index contributed by atoms with van der Waals surface area (Å²) in [6.45, 7) is 13.4. The Balaban J connectivity index is 1.55. The smallest absolute Gasteiger partial charge is 0.338 e. The first-order valence-corrected chi connectivity index (χ1v) is 20.9. The quantitative estimate of drug-likeness (QED) is 0.0830. The van der Waals surface area contributed by atoms with Gasteiger partial charge >= 0.3 is 23.9 Å². The van der Waals surface area contributed by atoms with E-state index in [1.165, 1.54) is 26.0 Å². The Morgan fingerprint density at radius 2 is 1.56 bits per heavy atom. The molecule has 2 aromatic rings. The Morgan fingerprint density at radius 3 is 2.10 bits per heavy atom. The van der Waals surface area contributed by atoms with E-state index in [0.29, 0.717) is 5.56 Å². The number of nitrogens with one attached hydrogen (secondary N) is 1. The van der Waals surface area contributed by atoms with Gasteiger partial charge in [0, 0.05) is 42.5 Å². The van der Waals surface area contributed by atoms with E-state index in [-0.39, 0.29) is 35.3 Å². The molecule has 1 aliphatic heterocycles. The van der Waals surface area contributed by atoms with Crippen molar-refractivity contribution in [3.63, 3.8) is 0 Å². The standard InChI is InChI=1S/C45H52BrNO14/c1-22(24(3)46)39(53)47-33(27-15-11-9-12-16-27)34(51)41(55)59-29-20-45(56)38(60-40(54)28-17-13-10-14-18-28)36-43(8,30(50)19-31-44(36,21-57-31)61-26(5)49)37(52)35(58-25(4)48)32(23(29)2)42(45,6)7/h9-18,24,29-31,33-36,38,50-51,56H,1,19-21H2,2-8H3,(H,47,53)/t24?,29-,30-,31+,33-,34-,35+,36-,38-,43+,44-,45+/m0/s1. The largest absolute Gasteiger partial charge is 0.456 e. The van der Waals surface area contributed by atoms with Crippen LogP contribution < -0.4 is 5.32 Å². The van der Waals surface area contributed by atoms with E-state index in [1.807, 2.05) is 0 Å². The Morgan fingerprint density at radius 1 is 0.951 bits per heavy atom. The number of Topliss-reactive ketones (excluding diaryl/α,β-unsaturated/α-hetero) is 1. The van der Waals surface area contributed by atoms with Gasteiger partial charge in [-0.25, -0.2) is 9.59 Å². The van der Waals surface area contributed by atoms with E-state index in [1.54, 1.807) is 69.3 Å². The summed E-state index contributed by atoms with van der Waals surface area (Å²) >= 11 is 3.31. The summed E-state index contributed by atoms with van der Waals surface area (Å²) in [5.74, 6) is -6.94. The summed E-state index contributed by atoms with van der Waals surface area (Å²) in [7, 11) is 0. The van der Waals surface area contributed by atoms with Crippen molar-refractivity contribution in [2.75, 3.05) is 6.61 Å². The van der Waals surface area contributed by atoms with Crippen molar-refractivity contribution >= 4 is 51.5 Å². The van der Waals surface area contributed by atoms with Crippen molar-refractivity contribution in [1.29, 1.82) is 0 Å². The molecule has 1 saturated heterocycles. The van der Waals surface area contributed by atoms with E-state index in [0.717, 1.165) is 13.8 Å². The third-order valence-electron chi connectivity index (χ3n) is 13.2. The summed E-state index contributed by atoms with van der Waals surface area (Å²) in [5.41, 5.74) is -7.21. The van der Waals surface area contributed by atoms with Crippen LogP contribution in [-0.4, -0.2) is 110 Å². The second kappa shape index (κ2) is 16.9. The van der Waals surface area contributed by atoms with Crippen LogP contribution in [0.25, 0.3) is 0 Å². The van der Waals surface area contributed by atoms with Crippen molar-refractivity contribution < 1.29 is 67.8 Å². The van der Waals surface area contributed by atoms with Crippen LogP contribution in [0.2, 0.25) is 0 Å². The van der Waals surface area contributed by atoms with Crippen molar-refractivity contribution in [2.45, 2.75) is 120 Å². The molecule has 3 aliphatic carbocycles. The molecule has 1 unspecified atom stereocenters. The maximum atomic E-state index is 15.5. The van der Waals surface area contributed by atoms with E-state index < -0.39 is 117 Å². The molecule has 0 aromatic heterocycles. The minimum Gasteiger partial charge on any atom is -0.456 e. The number of rotatable bonds is 11. The molecule has 61 heavy (non-hydrogen) atoms. The lowest BCUT2D eigenvalue weighted by molar-refractivity contribution is -0.346. The van der Waals surface area contributed by atoms with Crippen LogP contribution >= 0.6 is 15.9 Å². The molecule has 2 bridgehead atoms. The molecule has 1 heterocycles. The second-order valence-electron chi connectivity index (χ2n) is 17.1. The number of fused-ring (bicyclic) bond motifs is 5. The predicted octanol–water partition coefficient (Wildman–Crippen LogP) is 3.76. The van der Waals surface area contributed by atoms with E-state index >= 15 is 4.79 Å². The first-order chi connectivity index (χ1) is 28.5. The van der Waals surface area contributed by atoms with Crippen LogP contribution in [0.3, 0.4) is 0 Å². The molecule has 0 spiro atoms. The highest BCUT2D eigenvalue weighted by Gasteiger charge is 2.78. The average molecular weight is 911 g/mol. The number of benzene rings is 2. The molecule has 15 nitrogen and oxygen atoms in total. The molecule has 12 atom stereocenters. The summed E-state index contributed by atoms with van der Waals surface area (Å²) in [6, 6.07) is 14.7. The highest BCUT2D eigenvalue weighted by Crippen LogP contribution is 2.64. The molecule has 2 aromatic carbocycles. The Bertz CT molecular complexity index is 2140. The molecule has 6 rings (SSSR count). The number of aliphatic hydroxyl groups is 3. The van der Waals surface area contributed by atoms with Gasteiger partial charge in [-0.15, -0.1) is 0 Å². The van der Waals surface area contributed by atoms with Gasteiger partial charge in [-0.2, -0.15) is 0 Å². The summed E-state index contributed by atoms with van der Waals surface area (Å²) < 4.78 is 30.2. The highest BCUT2D eigenvalue weighted by molar-refractivity contribution is 9.09. The van der Waals surface area contributed by atoms with Gasteiger partial charge in [-0.3, -0.25) is 19.2 Å². The molecular weight excluding hydrogens is 858 g/mol. The van der Waals surface area contributed by atoms with E-state index in [2.05, 4.69) is 27.8 Å².